The van der Waals surface area contributed by atoms with Gasteiger partial charge in [-0.15, -0.1) is 12.4 Å². The Bertz CT molecular complexity index is 2050. The van der Waals surface area contributed by atoms with Crippen LogP contribution in [0.5, 0.6) is 23.0 Å². The molecule has 17 heteroatoms. The average Bonchev–Trinajstić information content (AvgIpc) is 3.33. The van der Waals surface area contributed by atoms with Crippen molar-refractivity contribution in [2.24, 2.45) is 47.3 Å². The first-order valence-electron chi connectivity index (χ1n) is 26.2. The van der Waals surface area contributed by atoms with Crippen molar-refractivity contribution in [2.45, 2.75) is 161 Å². The van der Waals surface area contributed by atoms with Gasteiger partial charge in [-0.05, 0) is 143 Å². The number of carbonyl (C=O) groups is 6. The summed E-state index contributed by atoms with van der Waals surface area (Å²) in [5.41, 5.74) is 2.53. The van der Waals surface area contributed by atoms with Crippen LogP contribution in [-0.2, 0) is 35.2 Å². The van der Waals surface area contributed by atoms with Gasteiger partial charge in [-0.25, -0.2) is 9.59 Å². The fraction of sp³-hybridized carbons (Fsp3) is 0.644. The molecule has 1 fully saturated rings. The third-order valence-electron chi connectivity index (χ3n) is 13.0. The molecule has 0 amide bonds. The Hall–Kier alpha value is -4.12. The summed E-state index contributed by atoms with van der Waals surface area (Å²) in [6.07, 6.45) is 12.3. The Kier molecular flexibility index (Phi) is 43.2. The van der Waals surface area contributed by atoms with Gasteiger partial charge in [-0.1, -0.05) is 76.2 Å². The number of carboxylic acid groups (broad SMARTS) is 2. The van der Waals surface area contributed by atoms with Crippen molar-refractivity contribution in [2.75, 3.05) is 41.5 Å². The monoisotopic (exact) mass is 1100 g/mol. The number of halogens is 1. The standard InChI is InChI=1S/C19H27NO3.C11H11NO2.3C9H18O.C2H2O4.ClH.Na.H2O/c1-12(2)7-14-11-20-6-5-13-8-18(22-3)19(23-4)9-15(13)16(20)10-17(14)21;1-13-10-5-8-3-4-12-7-9(8)6-11(10)14-2;3*1-5-9(8(4)10)6-7(2)3;3-1(4)2(5)6;;;/h8-9,12,14,16H,5-7,10-11H2,1-4H3;3-7H,1-2H3;3*7,9H,5-6H2,1-4H3;(H,3,4)(H,5,6);1H;;1H2/q;;;;;;;+1;/p-1. The maximum Gasteiger partial charge on any atom is 1.00 e. The first kappa shape index (κ1) is 78.4. The Balaban J connectivity index is -0.000000430. The molecule has 3 heterocycles. The maximum absolute atomic E-state index is 12.6. The predicted molar refractivity (Wildman–Crippen MR) is 301 cm³/mol. The molecule has 5 unspecified atom stereocenters. The quantitative estimate of drug-likeness (QED) is 0.0893. The van der Waals surface area contributed by atoms with Crippen LogP contribution in [0.2, 0.25) is 0 Å². The molecule has 2 aliphatic heterocycles. The van der Waals surface area contributed by atoms with E-state index in [0.717, 1.165) is 98.2 Å². The zero-order valence-corrected chi connectivity index (χ0v) is 52.6. The molecular formula is C59H96ClN2NaO13. The van der Waals surface area contributed by atoms with Crippen LogP contribution in [0.3, 0.4) is 0 Å². The molecule has 3 N–H and O–H groups in total. The van der Waals surface area contributed by atoms with Gasteiger partial charge in [0.25, 0.3) is 0 Å². The number of rotatable bonds is 18. The van der Waals surface area contributed by atoms with E-state index in [1.807, 2.05) is 18.2 Å². The number of fused-ring (bicyclic) bond motifs is 4. The number of aromatic nitrogens is 1. The van der Waals surface area contributed by atoms with E-state index >= 15 is 0 Å². The molecule has 428 valence electrons. The number of carbonyl (C=O) groups excluding carboxylic acids is 4. The van der Waals surface area contributed by atoms with Gasteiger partial charge in [-0.3, -0.25) is 29.1 Å². The number of Topliss-reactive ketones (excluding diaryl/α,β-unsaturated/α-hetero) is 4. The third kappa shape index (κ3) is 29.6. The topological polar surface area (TPSA) is 226 Å². The van der Waals surface area contributed by atoms with Crippen molar-refractivity contribution in [3.63, 3.8) is 0 Å². The molecule has 5 rings (SSSR count). The van der Waals surface area contributed by atoms with Crippen LogP contribution in [0.25, 0.3) is 10.8 Å². The normalized spacial score (nSPS) is 15.2. The van der Waals surface area contributed by atoms with Gasteiger partial charge >= 0.3 is 41.5 Å². The summed E-state index contributed by atoms with van der Waals surface area (Å²) in [7, 11) is 6.58. The molecule has 1 aromatic heterocycles. The molecule has 3 aromatic rings. The number of aliphatic carboxylic acids is 2. The minimum absolute atomic E-state index is 0. The van der Waals surface area contributed by atoms with Gasteiger partial charge in [0.1, 0.15) is 23.1 Å². The Labute approximate surface area is 484 Å². The fourth-order valence-electron chi connectivity index (χ4n) is 9.04. The molecule has 15 nitrogen and oxygen atoms in total. The second-order valence-corrected chi connectivity index (χ2v) is 20.7. The summed E-state index contributed by atoms with van der Waals surface area (Å²) in [4.78, 5) is 70.1. The van der Waals surface area contributed by atoms with E-state index in [1.165, 1.54) is 11.1 Å². The first-order chi connectivity index (χ1) is 34.2. The SMILES string of the molecule is CCC(CC(C)C)C(C)=O.CCC(CC(C)C)C(C)=O.CCC(CC(C)C)C(C)=O.COc1cc2c(cc1OC)C1CC(=O)C(CC(C)C)CN1CC2.COc1cc2ccncc2cc1OC.Cl.O=C(O)C(=O)O.[Na+].[OH-]. The van der Waals surface area contributed by atoms with Crippen molar-refractivity contribution in [1.29, 1.82) is 0 Å². The van der Waals surface area contributed by atoms with Crippen LogP contribution < -0.4 is 48.5 Å². The third-order valence-corrected chi connectivity index (χ3v) is 13.0. The molecule has 0 spiro atoms. The van der Waals surface area contributed by atoms with Gasteiger partial charge < -0.3 is 34.6 Å². The molecule has 2 aliphatic rings. The smallest absolute Gasteiger partial charge is 0.870 e. The van der Waals surface area contributed by atoms with Gasteiger partial charge in [0.05, 0.1) is 28.4 Å². The molecule has 0 bridgehead atoms. The number of hydrogen-bond acceptors (Lipinski definition) is 13. The number of nitrogens with zero attached hydrogens (tertiary/aromatic N) is 2. The van der Waals surface area contributed by atoms with Crippen molar-refractivity contribution in [3.05, 3.63) is 53.9 Å². The van der Waals surface area contributed by atoms with Crippen LogP contribution in [0.4, 0.5) is 0 Å². The van der Waals surface area contributed by atoms with Crippen molar-refractivity contribution < 1.29 is 93.0 Å². The predicted octanol–water partition coefficient (Wildman–Crippen LogP) is 9.84. The average molecular weight is 1100 g/mol. The number of piperidine rings is 1. The second-order valence-electron chi connectivity index (χ2n) is 20.7. The minimum Gasteiger partial charge on any atom is -0.870 e. The largest absolute Gasteiger partial charge is 1.00 e. The number of carboxylic acids is 2. The van der Waals surface area contributed by atoms with Crippen LogP contribution in [0.1, 0.15) is 165 Å². The molecule has 0 saturated carbocycles. The minimum atomic E-state index is -1.82. The molecule has 1 saturated heterocycles. The van der Waals surface area contributed by atoms with Crippen LogP contribution in [0.15, 0.2) is 42.7 Å². The molecule has 0 aliphatic carbocycles. The Morgan fingerprint density at radius 3 is 1.34 bits per heavy atom. The maximum atomic E-state index is 12.6. The Morgan fingerprint density at radius 1 is 0.632 bits per heavy atom. The number of ketones is 4. The summed E-state index contributed by atoms with van der Waals surface area (Å²) in [5.74, 6) is 4.44. The van der Waals surface area contributed by atoms with E-state index in [1.54, 1.807) is 61.6 Å². The van der Waals surface area contributed by atoms with Crippen molar-refractivity contribution in [1.82, 2.24) is 9.88 Å². The summed E-state index contributed by atoms with van der Waals surface area (Å²) in [6.45, 7) is 30.6. The Morgan fingerprint density at radius 2 is 1.01 bits per heavy atom. The van der Waals surface area contributed by atoms with E-state index < -0.39 is 11.9 Å². The van der Waals surface area contributed by atoms with Crippen LogP contribution in [0, 0.1) is 47.3 Å². The number of ether oxygens (including phenoxy) is 4. The molecule has 2 aromatic carbocycles. The van der Waals surface area contributed by atoms with E-state index in [-0.39, 0.29) is 59.4 Å². The molecule has 76 heavy (non-hydrogen) atoms. The van der Waals surface area contributed by atoms with Gasteiger partial charge in [0.15, 0.2) is 23.0 Å². The molecular weight excluding hydrogens is 1000 g/mol. The number of benzene rings is 2. The number of pyridine rings is 1. The molecule has 5 atom stereocenters. The summed E-state index contributed by atoms with van der Waals surface area (Å²) in [5, 5.41) is 16.9. The van der Waals surface area contributed by atoms with Crippen LogP contribution >= 0.6 is 12.4 Å². The second kappa shape index (κ2) is 41.9. The van der Waals surface area contributed by atoms with Gasteiger partial charge in [0.2, 0.25) is 0 Å². The zero-order valence-electron chi connectivity index (χ0n) is 49.7. The van der Waals surface area contributed by atoms with E-state index in [0.29, 0.717) is 71.0 Å². The summed E-state index contributed by atoms with van der Waals surface area (Å²) < 4.78 is 21.3. The number of methoxy groups -OCH3 is 4. The summed E-state index contributed by atoms with van der Waals surface area (Å²) >= 11 is 0. The van der Waals surface area contributed by atoms with Gasteiger partial charge in [0, 0.05) is 67.0 Å². The van der Waals surface area contributed by atoms with Gasteiger partial charge in [-0.2, -0.15) is 0 Å². The fourth-order valence-corrected chi connectivity index (χ4v) is 9.04. The van der Waals surface area contributed by atoms with E-state index in [2.05, 4.69) is 98.2 Å². The zero-order chi connectivity index (χ0) is 56.1. The summed E-state index contributed by atoms with van der Waals surface area (Å²) in [6, 6.07) is 10.2. The van der Waals surface area contributed by atoms with E-state index in [9.17, 15) is 19.2 Å². The van der Waals surface area contributed by atoms with Crippen molar-refractivity contribution in [3.8, 4) is 23.0 Å². The first-order valence-corrected chi connectivity index (χ1v) is 26.2. The van der Waals surface area contributed by atoms with Crippen molar-refractivity contribution >= 4 is 58.3 Å². The molecule has 0 radical (unpaired) electrons. The van der Waals surface area contributed by atoms with E-state index in [4.69, 9.17) is 38.7 Å². The van der Waals surface area contributed by atoms with Crippen LogP contribution in [-0.4, -0.2) is 102 Å². The number of hydrogen-bond donors (Lipinski definition) is 2.